The SMILES string of the molecule is C=C(C(/C=C\C)=C(/C)C(C)C)c1nc(N)c2c(n1)NC(=O)C2(C)c1ccc(CCCC(=O)O)cc1. The van der Waals surface area contributed by atoms with E-state index in [0.29, 0.717) is 41.5 Å². The van der Waals surface area contributed by atoms with Gasteiger partial charge in [-0.15, -0.1) is 0 Å². The predicted octanol–water partition coefficient (Wildman–Crippen LogP) is 5.29. The Morgan fingerprint density at radius 3 is 2.49 bits per heavy atom. The van der Waals surface area contributed by atoms with Crippen LogP contribution in [0.5, 0.6) is 0 Å². The number of fused-ring (bicyclic) bond motifs is 1. The summed E-state index contributed by atoms with van der Waals surface area (Å²) >= 11 is 0. The third kappa shape index (κ3) is 5.04. The highest BCUT2D eigenvalue weighted by atomic mass is 16.4. The Labute approximate surface area is 206 Å². The molecule has 2 heterocycles. The number of carbonyl (C=O) groups excluding carboxylic acids is 1. The minimum Gasteiger partial charge on any atom is -0.481 e. The number of hydrogen-bond donors (Lipinski definition) is 3. The van der Waals surface area contributed by atoms with E-state index in [2.05, 4.69) is 42.6 Å². The number of aliphatic carboxylic acids is 1. The van der Waals surface area contributed by atoms with Gasteiger partial charge in [0, 0.05) is 12.0 Å². The van der Waals surface area contributed by atoms with Crippen LogP contribution in [-0.2, 0) is 21.4 Å². The first-order valence-corrected chi connectivity index (χ1v) is 11.8. The first-order valence-electron chi connectivity index (χ1n) is 11.8. The molecule has 0 saturated carbocycles. The second-order valence-corrected chi connectivity index (χ2v) is 9.41. The smallest absolute Gasteiger partial charge is 0.303 e. The van der Waals surface area contributed by atoms with Crippen LogP contribution in [0.4, 0.5) is 11.6 Å². The highest BCUT2D eigenvalue weighted by Gasteiger charge is 2.47. The fourth-order valence-corrected chi connectivity index (χ4v) is 4.33. The average Bonchev–Trinajstić information content (AvgIpc) is 3.07. The third-order valence-electron chi connectivity index (χ3n) is 6.73. The van der Waals surface area contributed by atoms with Crippen molar-refractivity contribution in [2.24, 2.45) is 5.92 Å². The standard InChI is InChI=1S/C28H34N4O3/c1-7-9-21(17(4)16(2)3)18(5)25-30-24(29)23-26(31-25)32-27(35)28(23,6)20-14-12-19(13-15-20)10-8-11-22(33)34/h7,9,12-16H,5,8,10-11H2,1-4,6H3,(H,33,34)(H3,29,30,31,32,35)/b9-7-,21-17-. The summed E-state index contributed by atoms with van der Waals surface area (Å²) in [6.45, 7) is 14.3. The van der Waals surface area contributed by atoms with Gasteiger partial charge in [-0.25, -0.2) is 9.97 Å². The van der Waals surface area contributed by atoms with Crippen molar-refractivity contribution < 1.29 is 14.7 Å². The van der Waals surface area contributed by atoms with Gasteiger partial charge >= 0.3 is 5.97 Å². The molecule has 1 atom stereocenters. The molecule has 1 unspecified atom stereocenters. The van der Waals surface area contributed by atoms with Gasteiger partial charge < -0.3 is 16.2 Å². The maximum atomic E-state index is 13.2. The molecule has 0 radical (unpaired) electrons. The van der Waals surface area contributed by atoms with E-state index in [9.17, 15) is 9.59 Å². The Morgan fingerprint density at radius 2 is 1.91 bits per heavy atom. The molecule has 3 rings (SSSR count). The summed E-state index contributed by atoms with van der Waals surface area (Å²) < 4.78 is 0. The van der Waals surface area contributed by atoms with Crippen LogP contribution in [0.3, 0.4) is 0 Å². The molecule has 0 spiro atoms. The Morgan fingerprint density at radius 1 is 1.26 bits per heavy atom. The summed E-state index contributed by atoms with van der Waals surface area (Å²) in [6, 6.07) is 7.61. The molecular weight excluding hydrogens is 440 g/mol. The fraction of sp³-hybridized carbons (Fsp3) is 0.357. The quantitative estimate of drug-likeness (QED) is 0.425. The zero-order valence-electron chi connectivity index (χ0n) is 21.1. The van der Waals surface area contributed by atoms with Crippen molar-refractivity contribution in [3.05, 3.63) is 76.7 Å². The lowest BCUT2D eigenvalue weighted by Crippen LogP contribution is -2.33. The van der Waals surface area contributed by atoms with Crippen LogP contribution in [0.2, 0.25) is 0 Å². The van der Waals surface area contributed by atoms with Crippen LogP contribution in [0.15, 0.2) is 54.1 Å². The molecule has 0 bridgehead atoms. The molecule has 7 nitrogen and oxygen atoms in total. The Balaban J connectivity index is 1.99. The number of nitrogen functional groups attached to an aromatic ring is 1. The number of nitrogens with two attached hydrogens (primary N) is 1. The van der Waals surface area contributed by atoms with E-state index in [1.165, 1.54) is 0 Å². The van der Waals surface area contributed by atoms with Crippen LogP contribution in [0.1, 0.15) is 70.0 Å². The predicted molar refractivity (Wildman–Crippen MR) is 140 cm³/mol. The van der Waals surface area contributed by atoms with Gasteiger partial charge in [0.1, 0.15) is 17.1 Å². The summed E-state index contributed by atoms with van der Waals surface area (Å²) in [4.78, 5) is 33.2. The first-order chi connectivity index (χ1) is 16.5. The summed E-state index contributed by atoms with van der Waals surface area (Å²) in [5, 5.41) is 11.7. The molecule has 0 aliphatic carbocycles. The number of carboxylic acids is 1. The molecular formula is C28H34N4O3. The van der Waals surface area contributed by atoms with Crippen LogP contribution in [0.25, 0.3) is 5.57 Å². The Kier molecular flexibility index (Phi) is 7.58. The molecule has 184 valence electrons. The zero-order chi connectivity index (χ0) is 25.9. The average molecular weight is 475 g/mol. The number of hydrogen-bond acceptors (Lipinski definition) is 5. The summed E-state index contributed by atoms with van der Waals surface area (Å²) in [6.07, 6.45) is 5.28. The third-order valence-corrected chi connectivity index (χ3v) is 6.73. The van der Waals surface area contributed by atoms with Crippen molar-refractivity contribution in [1.29, 1.82) is 0 Å². The van der Waals surface area contributed by atoms with Crippen molar-refractivity contribution in [2.75, 3.05) is 11.1 Å². The van der Waals surface area contributed by atoms with Gasteiger partial charge in [0.25, 0.3) is 0 Å². The maximum Gasteiger partial charge on any atom is 0.303 e. The van der Waals surface area contributed by atoms with Crippen LogP contribution in [0, 0.1) is 5.92 Å². The molecule has 0 fully saturated rings. The van der Waals surface area contributed by atoms with Gasteiger partial charge in [-0.05, 0) is 56.2 Å². The van der Waals surface area contributed by atoms with E-state index in [4.69, 9.17) is 10.8 Å². The summed E-state index contributed by atoms with van der Waals surface area (Å²) in [5.74, 6) is 0.303. The Hall–Kier alpha value is -3.74. The maximum absolute atomic E-state index is 13.2. The monoisotopic (exact) mass is 474 g/mol. The van der Waals surface area contributed by atoms with Crippen molar-refractivity contribution >= 4 is 29.1 Å². The molecule has 35 heavy (non-hydrogen) atoms. The van der Waals surface area contributed by atoms with Gasteiger partial charge in [0.05, 0.1) is 5.56 Å². The lowest BCUT2D eigenvalue weighted by atomic mass is 9.77. The van der Waals surface area contributed by atoms with Crippen molar-refractivity contribution in [2.45, 2.75) is 59.3 Å². The highest BCUT2D eigenvalue weighted by Crippen LogP contribution is 2.45. The number of aryl methyl sites for hydroxylation is 1. The van der Waals surface area contributed by atoms with Crippen LogP contribution in [-0.4, -0.2) is 27.0 Å². The number of rotatable bonds is 9. The van der Waals surface area contributed by atoms with E-state index in [1.54, 1.807) is 0 Å². The molecule has 2 aromatic rings. The molecule has 1 amide bonds. The molecule has 0 saturated heterocycles. The van der Waals surface area contributed by atoms with Gasteiger partial charge in [-0.1, -0.05) is 62.4 Å². The lowest BCUT2D eigenvalue weighted by molar-refractivity contribution is -0.137. The minimum atomic E-state index is -1.05. The normalized spacial score (nSPS) is 17.9. The lowest BCUT2D eigenvalue weighted by Gasteiger charge is -2.24. The highest BCUT2D eigenvalue weighted by molar-refractivity contribution is 6.09. The molecule has 1 aliphatic rings. The van der Waals surface area contributed by atoms with Crippen molar-refractivity contribution in [3.8, 4) is 0 Å². The number of carboxylic acid groups (broad SMARTS) is 1. The van der Waals surface area contributed by atoms with E-state index >= 15 is 0 Å². The first kappa shape index (κ1) is 25.9. The van der Waals surface area contributed by atoms with Crippen molar-refractivity contribution in [1.82, 2.24) is 9.97 Å². The number of anilines is 2. The largest absolute Gasteiger partial charge is 0.481 e. The number of carbonyl (C=O) groups is 2. The zero-order valence-corrected chi connectivity index (χ0v) is 21.1. The van der Waals surface area contributed by atoms with Gasteiger partial charge in [-0.3, -0.25) is 9.59 Å². The number of allylic oxidation sites excluding steroid dienone is 5. The number of aromatic nitrogens is 2. The van der Waals surface area contributed by atoms with Crippen LogP contribution >= 0.6 is 0 Å². The molecule has 1 aromatic carbocycles. The fourth-order valence-electron chi connectivity index (χ4n) is 4.33. The molecule has 1 aliphatic heterocycles. The van der Waals surface area contributed by atoms with Gasteiger partial charge in [-0.2, -0.15) is 0 Å². The topological polar surface area (TPSA) is 118 Å². The van der Waals surface area contributed by atoms with E-state index in [1.807, 2.05) is 50.3 Å². The van der Waals surface area contributed by atoms with E-state index < -0.39 is 11.4 Å². The minimum absolute atomic E-state index is 0.123. The van der Waals surface area contributed by atoms with E-state index in [0.717, 1.165) is 22.3 Å². The van der Waals surface area contributed by atoms with Crippen molar-refractivity contribution in [3.63, 3.8) is 0 Å². The van der Waals surface area contributed by atoms with Gasteiger partial charge in [0.2, 0.25) is 5.91 Å². The van der Waals surface area contributed by atoms with Gasteiger partial charge in [0.15, 0.2) is 5.82 Å². The summed E-state index contributed by atoms with van der Waals surface area (Å²) in [7, 11) is 0. The second-order valence-electron chi connectivity index (χ2n) is 9.41. The summed E-state index contributed by atoms with van der Waals surface area (Å²) in [5.41, 5.74) is 10.5. The van der Waals surface area contributed by atoms with Crippen LogP contribution < -0.4 is 11.1 Å². The number of amides is 1. The number of nitrogens with zero attached hydrogens (tertiary/aromatic N) is 2. The molecule has 1 aromatic heterocycles. The van der Waals surface area contributed by atoms with E-state index in [-0.39, 0.29) is 18.1 Å². The molecule has 4 N–H and O–H groups in total. The Bertz CT molecular complexity index is 1230. The number of benzene rings is 1. The molecule has 7 heteroatoms. The number of nitrogens with one attached hydrogen (secondary N) is 1. The second kappa shape index (κ2) is 10.3.